The van der Waals surface area contributed by atoms with E-state index in [-0.39, 0.29) is 24.4 Å². The lowest BCUT2D eigenvalue weighted by atomic mass is 10.0. The van der Waals surface area contributed by atoms with Crippen LogP contribution in [-0.2, 0) is 6.42 Å². The Labute approximate surface area is 165 Å². The number of rotatable bonds is 5. The third kappa shape index (κ3) is 4.75. The molecule has 1 aliphatic rings. The standard InChI is InChI=1S/C19H25N3O2S.ClH/c1-24-15-8-6-14(7-9-15)17-5-3-2-4-12-22(17)19(23)16-13-25-18(21-16)10-11-20;/h6-9,13,17H,2-5,10-12,20H2,1H3;1H. The minimum Gasteiger partial charge on any atom is -0.497 e. The number of aromatic nitrogens is 1. The van der Waals surface area contributed by atoms with Gasteiger partial charge in [-0.05, 0) is 37.1 Å². The van der Waals surface area contributed by atoms with Gasteiger partial charge in [0.1, 0.15) is 11.4 Å². The van der Waals surface area contributed by atoms with Crippen LogP contribution in [-0.4, -0.2) is 36.0 Å². The lowest BCUT2D eigenvalue weighted by molar-refractivity contribution is 0.0675. The van der Waals surface area contributed by atoms with Crippen LogP contribution in [0.3, 0.4) is 0 Å². The first-order chi connectivity index (χ1) is 12.2. The second-order valence-electron chi connectivity index (χ2n) is 6.30. The average Bonchev–Trinajstić information content (AvgIpc) is 2.97. The fourth-order valence-corrected chi connectivity index (χ4v) is 4.11. The SMILES string of the molecule is COc1ccc(C2CCCCCN2C(=O)c2csc(CCN)n2)cc1.Cl. The Hall–Kier alpha value is -1.63. The van der Waals surface area contributed by atoms with Gasteiger partial charge in [-0.1, -0.05) is 25.0 Å². The zero-order valence-corrected chi connectivity index (χ0v) is 16.7. The summed E-state index contributed by atoms with van der Waals surface area (Å²) in [7, 11) is 1.66. The monoisotopic (exact) mass is 395 g/mol. The van der Waals surface area contributed by atoms with Crippen LogP contribution in [0.25, 0.3) is 0 Å². The van der Waals surface area contributed by atoms with Crippen molar-refractivity contribution in [1.82, 2.24) is 9.88 Å². The van der Waals surface area contributed by atoms with Crippen LogP contribution in [0.15, 0.2) is 29.6 Å². The average molecular weight is 396 g/mol. The Morgan fingerprint density at radius 3 is 2.77 bits per heavy atom. The van der Waals surface area contributed by atoms with Gasteiger partial charge in [-0.15, -0.1) is 23.7 Å². The Bertz CT molecular complexity index is 705. The maximum atomic E-state index is 13.1. The lowest BCUT2D eigenvalue weighted by Crippen LogP contribution is -2.35. The van der Waals surface area contributed by atoms with E-state index in [1.54, 1.807) is 7.11 Å². The van der Waals surface area contributed by atoms with E-state index in [1.165, 1.54) is 11.3 Å². The summed E-state index contributed by atoms with van der Waals surface area (Å²) in [6.07, 6.45) is 5.04. The molecule has 142 valence electrons. The smallest absolute Gasteiger partial charge is 0.273 e. The molecule has 1 unspecified atom stereocenters. The first-order valence-corrected chi connectivity index (χ1v) is 9.70. The number of hydrogen-bond acceptors (Lipinski definition) is 5. The largest absolute Gasteiger partial charge is 0.497 e. The summed E-state index contributed by atoms with van der Waals surface area (Å²) in [4.78, 5) is 19.6. The third-order valence-electron chi connectivity index (χ3n) is 4.64. The number of hydrogen-bond donors (Lipinski definition) is 1. The van der Waals surface area contributed by atoms with E-state index in [9.17, 15) is 4.79 Å². The molecule has 1 aliphatic heterocycles. The summed E-state index contributed by atoms with van der Waals surface area (Å²) >= 11 is 1.52. The molecular formula is C19H26ClN3O2S. The minimum atomic E-state index is 0. The molecule has 2 heterocycles. The maximum absolute atomic E-state index is 13.1. The van der Waals surface area contributed by atoms with Crippen LogP contribution in [0.5, 0.6) is 5.75 Å². The molecule has 26 heavy (non-hydrogen) atoms. The van der Waals surface area contributed by atoms with Gasteiger partial charge in [-0.25, -0.2) is 4.98 Å². The van der Waals surface area contributed by atoms with Crippen molar-refractivity contribution in [3.8, 4) is 5.75 Å². The number of benzene rings is 1. The molecule has 3 rings (SSSR count). The number of likely N-dealkylation sites (tertiary alicyclic amines) is 1. The van der Waals surface area contributed by atoms with Crippen molar-refractivity contribution in [2.75, 3.05) is 20.2 Å². The fraction of sp³-hybridized carbons (Fsp3) is 0.474. The Morgan fingerprint density at radius 1 is 1.31 bits per heavy atom. The van der Waals surface area contributed by atoms with Crippen LogP contribution >= 0.6 is 23.7 Å². The van der Waals surface area contributed by atoms with Gasteiger partial charge < -0.3 is 15.4 Å². The maximum Gasteiger partial charge on any atom is 0.273 e. The summed E-state index contributed by atoms with van der Waals surface area (Å²) in [5.74, 6) is 0.864. The molecule has 2 N–H and O–H groups in total. The van der Waals surface area contributed by atoms with Crippen molar-refractivity contribution in [1.29, 1.82) is 0 Å². The van der Waals surface area contributed by atoms with E-state index in [4.69, 9.17) is 10.5 Å². The number of nitrogens with two attached hydrogens (primary N) is 1. The first-order valence-electron chi connectivity index (χ1n) is 8.82. The van der Waals surface area contributed by atoms with Gasteiger partial charge in [0.15, 0.2) is 0 Å². The fourth-order valence-electron chi connectivity index (χ4n) is 3.32. The van der Waals surface area contributed by atoms with Crippen molar-refractivity contribution in [2.45, 2.75) is 38.1 Å². The van der Waals surface area contributed by atoms with Crippen molar-refractivity contribution in [3.05, 3.63) is 45.9 Å². The van der Waals surface area contributed by atoms with Crippen LogP contribution in [0.1, 0.15) is 52.8 Å². The molecule has 0 saturated carbocycles. The first kappa shape index (κ1) is 20.7. The number of ether oxygens (including phenoxy) is 1. The number of thiazole rings is 1. The second-order valence-corrected chi connectivity index (χ2v) is 7.24. The number of carbonyl (C=O) groups is 1. The molecule has 1 fully saturated rings. The summed E-state index contributed by atoms with van der Waals surface area (Å²) in [5, 5.41) is 2.80. The summed E-state index contributed by atoms with van der Waals surface area (Å²) in [6.45, 7) is 1.33. The van der Waals surface area contributed by atoms with E-state index in [1.807, 2.05) is 22.4 Å². The van der Waals surface area contributed by atoms with E-state index in [0.29, 0.717) is 12.2 Å². The highest BCUT2D eigenvalue weighted by Crippen LogP contribution is 2.32. The molecule has 1 amide bonds. The van der Waals surface area contributed by atoms with E-state index >= 15 is 0 Å². The molecule has 0 bridgehead atoms. The molecule has 0 radical (unpaired) electrons. The second kappa shape index (κ2) is 9.90. The summed E-state index contributed by atoms with van der Waals surface area (Å²) < 4.78 is 5.25. The van der Waals surface area contributed by atoms with E-state index < -0.39 is 0 Å². The molecule has 1 aromatic heterocycles. The van der Waals surface area contributed by atoms with Crippen molar-refractivity contribution >= 4 is 29.7 Å². The molecular weight excluding hydrogens is 370 g/mol. The topological polar surface area (TPSA) is 68.5 Å². The summed E-state index contributed by atoms with van der Waals surface area (Å²) in [5.41, 5.74) is 7.30. The van der Waals surface area contributed by atoms with Crippen molar-refractivity contribution < 1.29 is 9.53 Å². The highest BCUT2D eigenvalue weighted by atomic mass is 35.5. The highest BCUT2D eigenvalue weighted by molar-refractivity contribution is 7.09. The number of methoxy groups -OCH3 is 1. The quantitative estimate of drug-likeness (QED) is 0.835. The normalized spacial score (nSPS) is 17.3. The number of nitrogens with zero attached hydrogens (tertiary/aromatic N) is 2. The molecule has 5 nitrogen and oxygen atoms in total. The van der Waals surface area contributed by atoms with Gasteiger partial charge in [0.25, 0.3) is 5.91 Å². The molecule has 0 spiro atoms. The zero-order valence-electron chi connectivity index (χ0n) is 15.0. The van der Waals surface area contributed by atoms with E-state index in [0.717, 1.165) is 55.0 Å². The number of halogens is 1. The molecule has 1 aromatic carbocycles. The number of carbonyl (C=O) groups excluding carboxylic acids is 1. The zero-order chi connectivity index (χ0) is 17.6. The molecule has 1 atom stereocenters. The minimum absolute atomic E-state index is 0. The van der Waals surface area contributed by atoms with Crippen LogP contribution in [0, 0.1) is 0 Å². The highest BCUT2D eigenvalue weighted by Gasteiger charge is 2.28. The lowest BCUT2D eigenvalue weighted by Gasteiger charge is -2.30. The van der Waals surface area contributed by atoms with Gasteiger partial charge in [-0.3, -0.25) is 4.79 Å². The molecule has 2 aromatic rings. The van der Waals surface area contributed by atoms with Gasteiger partial charge in [0.2, 0.25) is 0 Å². The number of amides is 1. The van der Waals surface area contributed by atoms with Crippen molar-refractivity contribution in [2.24, 2.45) is 5.73 Å². The van der Waals surface area contributed by atoms with Gasteiger partial charge in [-0.2, -0.15) is 0 Å². The van der Waals surface area contributed by atoms with Crippen LogP contribution in [0.4, 0.5) is 0 Å². The predicted molar refractivity (Wildman–Crippen MR) is 107 cm³/mol. The Kier molecular flexibility index (Phi) is 7.87. The molecule has 1 saturated heterocycles. The predicted octanol–water partition coefficient (Wildman–Crippen LogP) is 3.83. The van der Waals surface area contributed by atoms with Gasteiger partial charge in [0, 0.05) is 18.3 Å². The molecule has 7 heteroatoms. The van der Waals surface area contributed by atoms with E-state index in [2.05, 4.69) is 17.1 Å². The van der Waals surface area contributed by atoms with Gasteiger partial charge >= 0.3 is 0 Å². The Balaban J connectivity index is 0.00000243. The van der Waals surface area contributed by atoms with Crippen LogP contribution < -0.4 is 10.5 Å². The van der Waals surface area contributed by atoms with Crippen molar-refractivity contribution in [3.63, 3.8) is 0 Å². The summed E-state index contributed by atoms with van der Waals surface area (Å²) in [6, 6.07) is 8.16. The van der Waals surface area contributed by atoms with Crippen LogP contribution in [0.2, 0.25) is 0 Å². The molecule has 0 aliphatic carbocycles. The van der Waals surface area contributed by atoms with Gasteiger partial charge in [0.05, 0.1) is 18.2 Å². The third-order valence-corrected chi connectivity index (χ3v) is 5.55. The Morgan fingerprint density at radius 2 is 2.08 bits per heavy atom.